The van der Waals surface area contributed by atoms with Crippen molar-refractivity contribution in [2.75, 3.05) is 0 Å². The van der Waals surface area contributed by atoms with Gasteiger partial charge in [0.1, 0.15) is 0 Å². The van der Waals surface area contributed by atoms with Crippen LogP contribution in [-0.4, -0.2) is 20.8 Å². The maximum atomic E-state index is 11.8. The van der Waals surface area contributed by atoms with Crippen molar-refractivity contribution in [2.45, 2.75) is 43.3 Å². The van der Waals surface area contributed by atoms with E-state index in [0.29, 0.717) is 11.7 Å². The van der Waals surface area contributed by atoms with E-state index in [2.05, 4.69) is 32.2 Å². The minimum absolute atomic E-state index is 0.0355. The molecule has 5 nitrogen and oxygen atoms in total. The van der Waals surface area contributed by atoms with Crippen molar-refractivity contribution in [3.8, 4) is 0 Å². The number of thioether (sulfide) groups is 1. The maximum Gasteiger partial charge on any atom is 0.343 e. The second kappa shape index (κ2) is 7.29. The van der Waals surface area contributed by atoms with Gasteiger partial charge in [-0.3, -0.25) is 4.57 Å². The van der Waals surface area contributed by atoms with E-state index in [1.165, 1.54) is 11.8 Å². The van der Waals surface area contributed by atoms with Crippen molar-refractivity contribution in [3.63, 3.8) is 0 Å². The Hall–Kier alpha value is -1.05. The molecule has 2 aromatic rings. The molecule has 0 saturated heterocycles. The SMILES string of the molecule is CCCn1c(SC(c2cccc(Br)c2)C(C)N)n[nH]c1=O. The van der Waals surface area contributed by atoms with Crippen LogP contribution in [0.1, 0.15) is 31.1 Å². The minimum atomic E-state index is -0.169. The van der Waals surface area contributed by atoms with Gasteiger partial charge in [-0.05, 0) is 31.0 Å². The summed E-state index contributed by atoms with van der Waals surface area (Å²) >= 11 is 5.00. The van der Waals surface area contributed by atoms with Gasteiger partial charge in [0.05, 0.1) is 5.25 Å². The summed E-state index contributed by atoms with van der Waals surface area (Å²) in [6, 6.07) is 8.00. The predicted octanol–water partition coefficient (Wildman–Crippen LogP) is 2.92. The molecule has 1 aromatic carbocycles. The first-order valence-electron chi connectivity index (χ1n) is 6.85. The second-order valence-electron chi connectivity index (χ2n) is 4.92. The monoisotopic (exact) mass is 370 g/mol. The van der Waals surface area contributed by atoms with E-state index in [1.54, 1.807) is 4.57 Å². The number of H-pyrrole nitrogens is 1. The summed E-state index contributed by atoms with van der Waals surface area (Å²) in [5.41, 5.74) is 7.08. The summed E-state index contributed by atoms with van der Waals surface area (Å²) in [5.74, 6) is 0. The lowest BCUT2D eigenvalue weighted by Gasteiger charge is -2.20. The largest absolute Gasteiger partial charge is 0.343 e. The van der Waals surface area contributed by atoms with Gasteiger partial charge in [-0.1, -0.05) is 46.7 Å². The molecule has 0 aliphatic rings. The molecule has 0 aliphatic heterocycles. The van der Waals surface area contributed by atoms with Gasteiger partial charge in [0.2, 0.25) is 0 Å². The molecule has 0 aliphatic carbocycles. The van der Waals surface area contributed by atoms with Gasteiger partial charge < -0.3 is 5.73 Å². The highest BCUT2D eigenvalue weighted by atomic mass is 79.9. The molecular formula is C14H19BrN4OS. The topological polar surface area (TPSA) is 76.7 Å². The molecule has 1 aromatic heterocycles. The summed E-state index contributed by atoms with van der Waals surface area (Å²) in [5, 5.41) is 7.36. The number of hydrogen-bond acceptors (Lipinski definition) is 4. The number of hydrogen-bond donors (Lipinski definition) is 2. The lowest BCUT2D eigenvalue weighted by Crippen LogP contribution is -2.24. The highest BCUT2D eigenvalue weighted by molar-refractivity contribution is 9.10. The van der Waals surface area contributed by atoms with E-state index in [0.717, 1.165) is 16.5 Å². The molecule has 3 N–H and O–H groups in total. The van der Waals surface area contributed by atoms with Crippen LogP contribution in [0.3, 0.4) is 0 Å². The Labute approximate surface area is 136 Å². The fourth-order valence-corrected chi connectivity index (χ4v) is 3.63. The van der Waals surface area contributed by atoms with Crippen molar-refractivity contribution in [3.05, 3.63) is 44.8 Å². The lowest BCUT2D eigenvalue weighted by molar-refractivity contribution is 0.600. The zero-order valence-electron chi connectivity index (χ0n) is 12.0. The quantitative estimate of drug-likeness (QED) is 0.766. The molecule has 0 saturated carbocycles. The first kappa shape index (κ1) is 16.3. The standard InChI is InChI=1S/C14H19BrN4OS/c1-3-7-19-13(20)17-18-14(19)21-12(9(2)16)10-5-4-6-11(15)8-10/h4-6,8-9,12H,3,7,16H2,1-2H3,(H,17,20). The number of aromatic nitrogens is 3. The smallest absolute Gasteiger partial charge is 0.327 e. The van der Waals surface area contributed by atoms with Gasteiger partial charge >= 0.3 is 5.69 Å². The summed E-state index contributed by atoms with van der Waals surface area (Å²) in [4.78, 5) is 11.8. The number of nitrogens with two attached hydrogens (primary N) is 1. The van der Waals surface area contributed by atoms with E-state index in [-0.39, 0.29) is 17.0 Å². The fourth-order valence-electron chi connectivity index (χ4n) is 2.09. The zero-order valence-corrected chi connectivity index (χ0v) is 14.4. The third-order valence-electron chi connectivity index (χ3n) is 3.06. The Morgan fingerprint density at radius 2 is 2.29 bits per heavy atom. The van der Waals surface area contributed by atoms with Gasteiger partial charge in [0.15, 0.2) is 5.16 Å². The van der Waals surface area contributed by atoms with Gasteiger partial charge in [0, 0.05) is 17.1 Å². The number of benzene rings is 1. The van der Waals surface area contributed by atoms with Crippen molar-refractivity contribution >= 4 is 27.7 Å². The molecule has 2 atom stereocenters. The zero-order chi connectivity index (χ0) is 15.4. The molecule has 0 amide bonds. The summed E-state index contributed by atoms with van der Waals surface area (Å²) in [6.07, 6.45) is 0.882. The second-order valence-corrected chi connectivity index (χ2v) is 6.94. The normalized spacial score (nSPS) is 14.1. The van der Waals surface area contributed by atoms with E-state index < -0.39 is 0 Å². The molecule has 1 heterocycles. The molecule has 0 bridgehead atoms. The summed E-state index contributed by atoms with van der Waals surface area (Å²) < 4.78 is 2.68. The van der Waals surface area contributed by atoms with Gasteiger partial charge in [-0.25, -0.2) is 9.89 Å². The van der Waals surface area contributed by atoms with Crippen LogP contribution in [0, 0.1) is 0 Å². The lowest BCUT2D eigenvalue weighted by atomic mass is 10.1. The molecular weight excluding hydrogens is 352 g/mol. The number of nitrogens with one attached hydrogen (secondary N) is 1. The average Bonchev–Trinajstić information content (AvgIpc) is 2.77. The van der Waals surface area contributed by atoms with Crippen LogP contribution in [0.5, 0.6) is 0 Å². The number of rotatable bonds is 6. The molecule has 21 heavy (non-hydrogen) atoms. The van der Waals surface area contributed by atoms with Gasteiger partial charge in [-0.2, -0.15) is 0 Å². The summed E-state index contributed by atoms with van der Waals surface area (Å²) in [7, 11) is 0. The van der Waals surface area contributed by atoms with Crippen molar-refractivity contribution in [1.82, 2.24) is 14.8 Å². The maximum absolute atomic E-state index is 11.8. The molecule has 0 radical (unpaired) electrons. The summed E-state index contributed by atoms with van der Waals surface area (Å²) in [6.45, 7) is 4.65. The third kappa shape index (κ3) is 3.99. The molecule has 0 spiro atoms. The van der Waals surface area contributed by atoms with Crippen LogP contribution in [0.25, 0.3) is 0 Å². The Morgan fingerprint density at radius 1 is 1.52 bits per heavy atom. The van der Waals surface area contributed by atoms with Crippen LogP contribution < -0.4 is 11.4 Å². The average molecular weight is 371 g/mol. The predicted molar refractivity (Wildman–Crippen MR) is 89.5 cm³/mol. The Bertz CT molecular complexity index is 652. The van der Waals surface area contributed by atoms with E-state index in [1.807, 2.05) is 32.0 Å². The van der Waals surface area contributed by atoms with E-state index in [9.17, 15) is 4.79 Å². The van der Waals surface area contributed by atoms with Crippen LogP contribution >= 0.6 is 27.7 Å². The molecule has 0 fully saturated rings. The highest BCUT2D eigenvalue weighted by Crippen LogP contribution is 2.36. The van der Waals surface area contributed by atoms with Crippen LogP contribution in [0.4, 0.5) is 0 Å². The Balaban J connectivity index is 2.31. The van der Waals surface area contributed by atoms with Crippen molar-refractivity contribution in [1.29, 1.82) is 0 Å². The van der Waals surface area contributed by atoms with Gasteiger partial charge in [-0.15, -0.1) is 5.10 Å². The first-order valence-corrected chi connectivity index (χ1v) is 8.53. The number of aromatic amines is 1. The van der Waals surface area contributed by atoms with Crippen LogP contribution in [0.2, 0.25) is 0 Å². The van der Waals surface area contributed by atoms with Crippen LogP contribution in [0.15, 0.2) is 38.7 Å². The Kier molecular flexibility index (Phi) is 5.66. The van der Waals surface area contributed by atoms with E-state index >= 15 is 0 Å². The number of halogens is 1. The highest BCUT2D eigenvalue weighted by Gasteiger charge is 2.21. The minimum Gasteiger partial charge on any atom is -0.327 e. The van der Waals surface area contributed by atoms with Gasteiger partial charge in [0.25, 0.3) is 0 Å². The molecule has 7 heteroatoms. The third-order valence-corrected chi connectivity index (χ3v) is 5.03. The van der Waals surface area contributed by atoms with Crippen molar-refractivity contribution < 1.29 is 0 Å². The molecule has 2 rings (SSSR count). The Morgan fingerprint density at radius 3 is 2.90 bits per heavy atom. The molecule has 114 valence electrons. The first-order chi connectivity index (χ1) is 10.0. The van der Waals surface area contributed by atoms with Crippen molar-refractivity contribution in [2.24, 2.45) is 5.73 Å². The van der Waals surface area contributed by atoms with Crippen LogP contribution in [-0.2, 0) is 6.54 Å². The van der Waals surface area contributed by atoms with E-state index in [4.69, 9.17) is 5.73 Å². The fraction of sp³-hybridized carbons (Fsp3) is 0.429. The number of nitrogens with zero attached hydrogens (tertiary/aromatic N) is 2. The molecule has 2 unspecified atom stereocenters.